The summed E-state index contributed by atoms with van der Waals surface area (Å²) < 4.78 is 0. The van der Waals surface area contributed by atoms with E-state index in [1.165, 1.54) is 0 Å². The van der Waals surface area contributed by atoms with Crippen LogP contribution < -0.4 is 10.6 Å². The second kappa shape index (κ2) is 9.67. The minimum atomic E-state index is -1.15. The number of carboxylic acids is 1. The molecule has 0 heterocycles. The van der Waals surface area contributed by atoms with Crippen LogP contribution in [-0.2, 0) is 9.59 Å². The van der Waals surface area contributed by atoms with Gasteiger partial charge >= 0.3 is 12.0 Å². The summed E-state index contributed by atoms with van der Waals surface area (Å²) in [4.78, 5) is 34.6. The van der Waals surface area contributed by atoms with E-state index in [1.807, 2.05) is 13.8 Å². The zero-order valence-corrected chi connectivity index (χ0v) is 11.8. The highest BCUT2D eigenvalue weighted by Gasteiger charge is 2.15. The Bertz CT molecular complexity index is 388. The highest BCUT2D eigenvalue weighted by atomic mass is 16.4. The van der Waals surface area contributed by atoms with Crippen molar-refractivity contribution in [1.29, 1.82) is 0 Å². The quantitative estimate of drug-likeness (QED) is 0.541. The molecule has 0 radical (unpaired) electrons. The Kier molecular flexibility index (Phi) is 8.59. The first-order valence-corrected chi connectivity index (χ1v) is 6.31. The van der Waals surface area contributed by atoms with E-state index in [0.717, 1.165) is 4.90 Å². The van der Waals surface area contributed by atoms with Crippen molar-refractivity contribution in [3.8, 4) is 12.3 Å². The maximum Gasteiger partial charge on any atom is 0.323 e. The lowest BCUT2D eigenvalue weighted by Gasteiger charge is -2.18. The number of nitrogens with zero attached hydrogens (tertiary/aromatic N) is 1. The molecule has 0 saturated carbocycles. The lowest BCUT2D eigenvalue weighted by molar-refractivity contribution is -0.137. The minimum Gasteiger partial charge on any atom is -0.480 e. The van der Waals surface area contributed by atoms with Crippen LogP contribution in [0.2, 0.25) is 0 Å². The molecular weight excluding hydrogens is 262 g/mol. The minimum absolute atomic E-state index is 0.0995. The summed E-state index contributed by atoms with van der Waals surface area (Å²) in [5.41, 5.74) is 0. The first-order valence-electron chi connectivity index (χ1n) is 6.31. The molecule has 0 fully saturated rings. The first-order chi connectivity index (χ1) is 9.36. The molecule has 3 amide bonds. The van der Waals surface area contributed by atoms with Gasteiger partial charge in [-0.3, -0.25) is 9.59 Å². The Hall–Kier alpha value is -2.23. The van der Waals surface area contributed by atoms with Gasteiger partial charge in [0.2, 0.25) is 5.91 Å². The van der Waals surface area contributed by atoms with Crippen molar-refractivity contribution in [2.75, 3.05) is 26.2 Å². The van der Waals surface area contributed by atoms with Crippen molar-refractivity contribution in [2.24, 2.45) is 5.92 Å². The molecule has 0 atom stereocenters. The molecule has 3 N–H and O–H groups in total. The number of aliphatic carboxylic acids is 1. The van der Waals surface area contributed by atoms with Gasteiger partial charge in [-0.15, -0.1) is 6.42 Å². The Morgan fingerprint density at radius 3 is 2.45 bits per heavy atom. The monoisotopic (exact) mass is 283 g/mol. The fourth-order valence-corrected chi connectivity index (χ4v) is 1.27. The van der Waals surface area contributed by atoms with Gasteiger partial charge in [-0.2, -0.15) is 0 Å². The molecule has 0 aromatic rings. The van der Waals surface area contributed by atoms with E-state index in [0.29, 0.717) is 12.5 Å². The Morgan fingerprint density at radius 2 is 1.95 bits per heavy atom. The molecule has 0 aromatic carbocycles. The predicted molar refractivity (Wildman–Crippen MR) is 73.9 cm³/mol. The lowest BCUT2D eigenvalue weighted by Crippen LogP contribution is -2.44. The molecule has 0 aliphatic rings. The van der Waals surface area contributed by atoms with Gasteiger partial charge in [-0.05, 0) is 5.92 Å². The van der Waals surface area contributed by atoms with Gasteiger partial charge in [0, 0.05) is 19.5 Å². The number of urea groups is 1. The number of carbonyl (C=O) groups excluding carboxylic acids is 2. The number of carbonyl (C=O) groups is 3. The maximum absolute atomic E-state index is 11.6. The molecule has 112 valence electrons. The van der Waals surface area contributed by atoms with Crippen molar-refractivity contribution >= 4 is 17.9 Å². The summed E-state index contributed by atoms with van der Waals surface area (Å²) in [6.45, 7) is 4.09. The van der Waals surface area contributed by atoms with E-state index >= 15 is 0 Å². The molecule has 0 saturated heterocycles. The zero-order valence-electron chi connectivity index (χ0n) is 11.8. The molecule has 0 bridgehead atoms. The summed E-state index contributed by atoms with van der Waals surface area (Å²) >= 11 is 0. The zero-order chi connectivity index (χ0) is 15.5. The first kappa shape index (κ1) is 17.8. The fraction of sp³-hybridized carbons (Fsp3) is 0.615. The highest BCUT2D eigenvalue weighted by molar-refractivity contribution is 5.81. The number of rotatable bonds is 8. The van der Waals surface area contributed by atoms with Gasteiger partial charge in [0.15, 0.2) is 0 Å². The van der Waals surface area contributed by atoms with Crippen LogP contribution in [-0.4, -0.2) is 54.1 Å². The van der Waals surface area contributed by atoms with Crippen LogP contribution >= 0.6 is 0 Å². The molecule has 0 spiro atoms. The molecule has 0 unspecified atom stereocenters. The molecule has 7 nitrogen and oxygen atoms in total. The van der Waals surface area contributed by atoms with Crippen LogP contribution in [0.5, 0.6) is 0 Å². The predicted octanol–water partition coefficient (Wildman–Crippen LogP) is -0.122. The van der Waals surface area contributed by atoms with Crippen LogP contribution in [0.4, 0.5) is 4.79 Å². The third-order valence-corrected chi connectivity index (χ3v) is 2.23. The summed E-state index contributed by atoms with van der Waals surface area (Å²) in [6.07, 6.45) is 5.19. The molecular formula is C13H21N3O4. The van der Waals surface area contributed by atoms with Gasteiger partial charge in [-0.1, -0.05) is 19.8 Å². The topological polar surface area (TPSA) is 98.7 Å². The third kappa shape index (κ3) is 8.80. The number of nitrogens with one attached hydrogen (secondary N) is 2. The second-order valence-corrected chi connectivity index (χ2v) is 4.63. The number of terminal acetylenes is 1. The van der Waals surface area contributed by atoms with Crippen LogP contribution in [0.15, 0.2) is 0 Å². The number of carboxylic acid groups (broad SMARTS) is 1. The molecule has 0 rings (SSSR count). The summed E-state index contributed by atoms with van der Waals surface area (Å²) in [5.74, 6) is 1.25. The fourth-order valence-electron chi connectivity index (χ4n) is 1.27. The van der Waals surface area contributed by atoms with Gasteiger partial charge in [0.05, 0.1) is 6.54 Å². The molecule has 20 heavy (non-hydrogen) atoms. The van der Waals surface area contributed by atoms with E-state index in [4.69, 9.17) is 11.5 Å². The van der Waals surface area contributed by atoms with Crippen LogP contribution in [0.1, 0.15) is 20.3 Å². The van der Waals surface area contributed by atoms with Crippen LogP contribution in [0.3, 0.4) is 0 Å². The average molecular weight is 283 g/mol. The van der Waals surface area contributed by atoms with Crippen molar-refractivity contribution in [2.45, 2.75) is 20.3 Å². The van der Waals surface area contributed by atoms with Gasteiger partial charge in [0.1, 0.15) is 6.54 Å². The highest BCUT2D eigenvalue weighted by Crippen LogP contribution is 1.91. The Morgan fingerprint density at radius 1 is 1.30 bits per heavy atom. The lowest BCUT2D eigenvalue weighted by atomic mass is 10.2. The van der Waals surface area contributed by atoms with E-state index in [2.05, 4.69) is 16.6 Å². The van der Waals surface area contributed by atoms with Crippen molar-refractivity contribution in [1.82, 2.24) is 15.5 Å². The van der Waals surface area contributed by atoms with E-state index in [9.17, 15) is 14.4 Å². The van der Waals surface area contributed by atoms with Gasteiger partial charge in [0.25, 0.3) is 0 Å². The molecule has 7 heteroatoms. The maximum atomic E-state index is 11.6. The molecule has 0 aromatic heterocycles. The summed E-state index contributed by atoms with van der Waals surface area (Å²) in [7, 11) is 0. The van der Waals surface area contributed by atoms with Crippen molar-refractivity contribution in [3.05, 3.63) is 0 Å². The van der Waals surface area contributed by atoms with Crippen LogP contribution in [0.25, 0.3) is 0 Å². The normalized spacial score (nSPS) is 9.70. The SMILES string of the molecule is C#CCN(CC(=O)O)C(=O)NCCC(=O)NCC(C)C. The summed E-state index contributed by atoms with van der Waals surface area (Å²) in [6, 6.07) is -0.595. The van der Waals surface area contributed by atoms with Crippen molar-refractivity contribution < 1.29 is 19.5 Å². The summed E-state index contributed by atoms with van der Waals surface area (Å²) in [5, 5.41) is 13.8. The molecule has 0 aliphatic carbocycles. The average Bonchev–Trinajstić information content (AvgIpc) is 2.35. The number of hydrogen-bond acceptors (Lipinski definition) is 3. The van der Waals surface area contributed by atoms with E-state index in [1.54, 1.807) is 0 Å². The van der Waals surface area contributed by atoms with Crippen LogP contribution in [0, 0.1) is 18.3 Å². The Labute approximate surface area is 118 Å². The van der Waals surface area contributed by atoms with Gasteiger partial charge < -0.3 is 20.6 Å². The smallest absolute Gasteiger partial charge is 0.323 e. The Balaban J connectivity index is 4.03. The third-order valence-electron chi connectivity index (χ3n) is 2.23. The standard InChI is InChI=1S/C13H21N3O4/c1-4-7-16(9-12(18)19)13(20)14-6-5-11(17)15-8-10(2)3/h1,10H,5-9H2,2-3H3,(H,14,20)(H,15,17)(H,18,19). The largest absolute Gasteiger partial charge is 0.480 e. The number of amides is 3. The van der Waals surface area contributed by atoms with Gasteiger partial charge in [-0.25, -0.2) is 4.79 Å². The van der Waals surface area contributed by atoms with E-state index in [-0.39, 0.29) is 25.4 Å². The van der Waals surface area contributed by atoms with Crippen molar-refractivity contribution in [3.63, 3.8) is 0 Å². The van der Waals surface area contributed by atoms with E-state index < -0.39 is 18.5 Å². The second-order valence-electron chi connectivity index (χ2n) is 4.63. The molecule has 0 aliphatic heterocycles. The number of hydrogen-bond donors (Lipinski definition) is 3.